The smallest absolute Gasteiger partial charge is 0.301 e. The van der Waals surface area contributed by atoms with E-state index >= 15 is 0 Å². The van der Waals surface area contributed by atoms with Crippen LogP contribution in [0.2, 0.25) is 0 Å². The van der Waals surface area contributed by atoms with Gasteiger partial charge in [0, 0.05) is 12.4 Å². The van der Waals surface area contributed by atoms with E-state index in [1.54, 1.807) is 25.3 Å². The largest absolute Gasteiger partial charge is 0.507 e. The quantitative estimate of drug-likeness (QED) is 0.388. The Labute approximate surface area is 174 Å². The van der Waals surface area contributed by atoms with Crippen molar-refractivity contribution in [3.63, 3.8) is 0 Å². The third-order valence-electron chi connectivity index (χ3n) is 4.58. The molecule has 0 aliphatic carbocycles. The number of hydrogen-bond acceptors (Lipinski definition) is 8. The number of ketones is 1. The number of amides is 1. The second-order valence-electron chi connectivity index (χ2n) is 6.40. The van der Waals surface area contributed by atoms with Crippen LogP contribution in [0, 0.1) is 12.7 Å². The Bertz CT molecular complexity index is 1180. The van der Waals surface area contributed by atoms with Crippen LogP contribution in [0.25, 0.3) is 5.76 Å². The lowest BCUT2D eigenvalue weighted by Crippen LogP contribution is -2.29. The van der Waals surface area contributed by atoms with Gasteiger partial charge in [0.1, 0.15) is 22.3 Å². The number of ether oxygens (including phenoxy) is 1. The maximum atomic E-state index is 13.9. The Balaban J connectivity index is 1.98. The summed E-state index contributed by atoms with van der Waals surface area (Å²) < 4.78 is 19.1. The van der Waals surface area contributed by atoms with E-state index in [9.17, 15) is 19.1 Å². The summed E-state index contributed by atoms with van der Waals surface area (Å²) in [6.45, 7) is 1.72. The monoisotopic (exact) mass is 426 g/mol. The predicted octanol–water partition coefficient (Wildman–Crippen LogP) is 3.02. The van der Waals surface area contributed by atoms with Crippen LogP contribution in [0.3, 0.4) is 0 Å². The van der Waals surface area contributed by atoms with Crippen molar-refractivity contribution < 1.29 is 23.8 Å². The lowest BCUT2D eigenvalue weighted by atomic mass is 9.96. The molecule has 3 aromatic rings. The SMILES string of the molecule is COc1ccc(F)cc1C(O)=C1C(=O)C(=O)N(c2nnc(C)s2)[C@@H]1c1cccnc1. The molecule has 2 aromatic heterocycles. The maximum absolute atomic E-state index is 13.9. The number of aliphatic hydroxyl groups is 1. The normalized spacial score (nSPS) is 18.1. The molecule has 0 unspecified atom stereocenters. The highest BCUT2D eigenvalue weighted by Crippen LogP contribution is 2.43. The number of methoxy groups -OCH3 is 1. The third-order valence-corrected chi connectivity index (χ3v) is 5.42. The minimum Gasteiger partial charge on any atom is -0.507 e. The number of aryl methyl sites for hydroxylation is 1. The fourth-order valence-electron chi connectivity index (χ4n) is 3.28. The Morgan fingerprint density at radius 1 is 1.27 bits per heavy atom. The van der Waals surface area contributed by atoms with E-state index in [0.717, 1.165) is 23.5 Å². The summed E-state index contributed by atoms with van der Waals surface area (Å²) in [5, 5.41) is 19.7. The second kappa shape index (κ2) is 7.64. The van der Waals surface area contributed by atoms with Crippen molar-refractivity contribution in [3.8, 4) is 5.75 Å². The van der Waals surface area contributed by atoms with E-state index in [4.69, 9.17) is 4.74 Å². The highest BCUT2D eigenvalue weighted by atomic mass is 32.1. The lowest BCUT2D eigenvalue weighted by Gasteiger charge is -2.22. The molecule has 152 valence electrons. The van der Waals surface area contributed by atoms with Gasteiger partial charge in [-0.2, -0.15) is 0 Å². The predicted molar refractivity (Wildman–Crippen MR) is 107 cm³/mol. The number of Topliss-reactive ketones (excluding diaryl/α,β-unsaturated/α-hetero) is 1. The number of hydrogen-bond donors (Lipinski definition) is 1. The van der Waals surface area contributed by atoms with Gasteiger partial charge in [-0.3, -0.25) is 19.5 Å². The molecule has 1 aliphatic rings. The van der Waals surface area contributed by atoms with E-state index < -0.39 is 29.3 Å². The van der Waals surface area contributed by atoms with Crippen molar-refractivity contribution in [2.75, 3.05) is 12.0 Å². The van der Waals surface area contributed by atoms with E-state index in [1.807, 2.05) is 0 Å². The first-order valence-electron chi connectivity index (χ1n) is 8.77. The molecule has 4 rings (SSSR count). The van der Waals surface area contributed by atoms with Crippen LogP contribution in [0.5, 0.6) is 5.75 Å². The molecule has 1 N–H and O–H groups in total. The van der Waals surface area contributed by atoms with E-state index in [0.29, 0.717) is 10.6 Å². The van der Waals surface area contributed by atoms with Gasteiger partial charge in [0.25, 0.3) is 5.78 Å². The highest BCUT2D eigenvalue weighted by Gasteiger charge is 2.48. The van der Waals surface area contributed by atoms with Gasteiger partial charge >= 0.3 is 5.91 Å². The summed E-state index contributed by atoms with van der Waals surface area (Å²) in [5.41, 5.74) is 0.212. The van der Waals surface area contributed by atoms with Crippen molar-refractivity contribution in [3.05, 3.63) is 70.3 Å². The molecule has 1 saturated heterocycles. The van der Waals surface area contributed by atoms with Gasteiger partial charge in [-0.1, -0.05) is 17.4 Å². The number of nitrogens with zero attached hydrogens (tertiary/aromatic N) is 4. The highest BCUT2D eigenvalue weighted by molar-refractivity contribution is 7.15. The molecule has 0 spiro atoms. The van der Waals surface area contributed by atoms with Gasteiger partial charge in [0.15, 0.2) is 0 Å². The van der Waals surface area contributed by atoms with Crippen LogP contribution in [-0.2, 0) is 9.59 Å². The molecule has 10 heteroatoms. The molecule has 1 aliphatic heterocycles. The van der Waals surface area contributed by atoms with Gasteiger partial charge in [0.2, 0.25) is 5.13 Å². The van der Waals surface area contributed by atoms with Crippen LogP contribution >= 0.6 is 11.3 Å². The van der Waals surface area contributed by atoms with E-state index in [1.165, 1.54) is 24.3 Å². The summed E-state index contributed by atoms with van der Waals surface area (Å²) in [6, 6.07) is 5.82. The molecular weight excluding hydrogens is 411 g/mol. The first-order chi connectivity index (χ1) is 14.4. The van der Waals surface area contributed by atoms with Crippen molar-refractivity contribution in [1.29, 1.82) is 0 Å². The van der Waals surface area contributed by atoms with Gasteiger partial charge in [-0.15, -0.1) is 10.2 Å². The summed E-state index contributed by atoms with van der Waals surface area (Å²) in [5.74, 6) is -2.85. The van der Waals surface area contributed by atoms with E-state index in [2.05, 4.69) is 15.2 Å². The molecule has 0 saturated carbocycles. The van der Waals surface area contributed by atoms with Gasteiger partial charge in [-0.05, 0) is 36.8 Å². The van der Waals surface area contributed by atoms with Crippen molar-refractivity contribution in [1.82, 2.24) is 15.2 Å². The fourth-order valence-corrected chi connectivity index (χ4v) is 3.99. The number of carbonyl (C=O) groups excluding carboxylic acids is 2. The zero-order valence-electron chi connectivity index (χ0n) is 15.9. The summed E-state index contributed by atoms with van der Waals surface area (Å²) >= 11 is 1.13. The topological polar surface area (TPSA) is 106 Å². The summed E-state index contributed by atoms with van der Waals surface area (Å²) in [7, 11) is 1.35. The van der Waals surface area contributed by atoms with Crippen molar-refractivity contribution in [2.24, 2.45) is 0 Å². The van der Waals surface area contributed by atoms with Gasteiger partial charge in [0.05, 0.1) is 24.3 Å². The minimum absolute atomic E-state index is 0.0437. The number of anilines is 1. The lowest BCUT2D eigenvalue weighted by molar-refractivity contribution is -0.132. The van der Waals surface area contributed by atoms with Crippen LogP contribution in [0.4, 0.5) is 9.52 Å². The van der Waals surface area contributed by atoms with Crippen molar-refractivity contribution >= 4 is 33.9 Å². The standard InChI is InChI=1S/C20H15FN4O4S/c1-10-23-24-20(30-10)25-16(11-4-3-7-22-9-11)15(18(27)19(25)28)17(26)13-8-12(21)5-6-14(13)29-2/h3-9,16,26H,1-2H3/t16-/m1/s1. The number of pyridine rings is 1. The Morgan fingerprint density at radius 2 is 2.07 bits per heavy atom. The maximum Gasteiger partial charge on any atom is 0.301 e. The first kappa shape index (κ1) is 19.6. The van der Waals surface area contributed by atoms with Crippen LogP contribution in [0.15, 0.2) is 48.3 Å². The van der Waals surface area contributed by atoms with Crippen molar-refractivity contribution in [2.45, 2.75) is 13.0 Å². The molecule has 0 radical (unpaired) electrons. The number of halogens is 1. The number of benzene rings is 1. The minimum atomic E-state index is -1.01. The molecule has 30 heavy (non-hydrogen) atoms. The van der Waals surface area contributed by atoms with Crippen LogP contribution < -0.4 is 9.64 Å². The van der Waals surface area contributed by atoms with Gasteiger partial charge in [-0.25, -0.2) is 4.39 Å². The average molecular weight is 426 g/mol. The molecule has 8 nitrogen and oxygen atoms in total. The number of rotatable bonds is 4. The summed E-state index contributed by atoms with van der Waals surface area (Å²) in [6.07, 6.45) is 3.02. The fraction of sp³-hybridized carbons (Fsp3) is 0.150. The molecule has 1 amide bonds. The van der Waals surface area contributed by atoms with Crippen LogP contribution in [-0.4, -0.2) is 39.1 Å². The van der Waals surface area contributed by atoms with Crippen LogP contribution in [0.1, 0.15) is 22.2 Å². The number of carbonyl (C=O) groups is 2. The Kier molecular flexibility index (Phi) is 5.00. The molecule has 0 bridgehead atoms. The first-order valence-corrected chi connectivity index (χ1v) is 9.59. The molecule has 3 heterocycles. The molecule has 1 fully saturated rings. The molecular formula is C20H15FN4O4S. The molecule has 1 aromatic carbocycles. The second-order valence-corrected chi connectivity index (χ2v) is 7.56. The zero-order chi connectivity index (χ0) is 21.4. The Morgan fingerprint density at radius 3 is 2.70 bits per heavy atom. The molecule has 1 atom stereocenters. The average Bonchev–Trinajstić information content (AvgIpc) is 3.29. The third kappa shape index (κ3) is 3.20. The number of aliphatic hydroxyl groups excluding tert-OH is 1. The summed E-state index contributed by atoms with van der Waals surface area (Å²) in [4.78, 5) is 31.1. The van der Waals surface area contributed by atoms with Gasteiger partial charge < -0.3 is 9.84 Å². The van der Waals surface area contributed by atoms with E-state index in [-0.39, 0.29) is 22.0 Å². The zero-order valence-corrected chi connectivity index (χ0v) is 16.7. The number of aromatic nitrogens is 3. The Hall–Kier alpha value is -3.66.